The first kappa shape index (κ1) is 15.8. The number of H-pyrrole nitrogens is 1. The second kappa shape index (κ2) is 6.94. The molecule has 0 spiro atoms. The van der Waals surface area contributed by atoms with Crippen molar-refractivity contribution in [3.8, 4) is 5.75 Å². The highest BCUT2D eigenvalue weighted by atomic mass is 35.5. The van der Waals surface area contributed by atoms with E-state index in [4.69, 9.17) is 16.3 Å². The Balaban J connectivity index is 2.36. The van der Waals surface area contributed by atoms with Crippen molar-refractivity contribution in [3.63, 3.8) is 0 Å². The van der Waals surface area contributed by atoms with E-state index in [9.17, 15) is 0 Å². The van der Waals surface area contributed by atoms with Crippen molar-refractivity contribution in [1.82, 2.24) is 15.4 Å². The highest BCUT2D eigenvalue weighted by Crippen LogP contribution is 2.37. The van der Waals surface area contributed by atoms with Crippen LogP contribution in [0.5, 0.6) is 5.75 Å². The molecule has 0 saturated carbocycles. The number of hydrogen-bond donors (Lipinski definition) is 1. The predicted octanol–water partition coefficient (Wildman–Crippen LogP) is 4.21. The van der Waals surface area contributed by atoms with E-state index in [0.717, 1.165) is 40.4 Å². The van der Waals surface area contributed by atoms with Crippen LogP contribution in [0.3, 0.4) is 0 Å². The Morgan fingerprint density at radius 3 is 2.76 bits per heavy atom. The maximum Gasteiger partial charge on any atom is 0.123 e. The number of aromatic amines is 1. The van der Waals surface area contributed by atoms with Crippen LogP contribution in [-0.2, 0) is 6.42 Å². The monoisotopic (exact) mass is 307 g/mol. The van der Waals surface area contributed by atoms with Gasteiger partial charge in [-0.2, -0.15) is 15.4 Å². The molecule has 2 rings (SSSR count). The number of aryl methyl sites for hydroxylation is 1. The summed E-state index contributed by atoms with van der Waals surface area (Å²) in [5.41, 5.74) is 4.26. The molecule has 114 valence electrons. The van der Waals surface area contributed by atoms with Crippen molar-refractivity contribution in [2.75, 3.05) is 6.61 Å². The van der Waals surface area contributed by atoms with Crippen LogP contribution in [0, 0.1) is 13.8 Å². The van der Waals surface area contributed by atoms with E-state index < -0.39 is 0 Å². The summed E-state index contributed by atoms with van der Waals surface area (Å²) >= 11 is 6.43. The Labute approximate surface area is 130 Å². The Bertz CT molecular complexity index is 596. The van der Waals surface area contributed by atoms with Crippen LogP contribution in [0.25, 0.3) is 0 Å². The smallest absolute Gasteiger partial charge is 0.123 e. The van der Waals surface area contributed by atoms with Crippen molar-refractivity contribution in [2.45, 2.75) is 46.5 Å². The molecule has 0 fully saturated rings. The summed E-state index contributed by atoms with van der Waals surface area (Å²) < 4.78 is 5.94. The van der Waals surface area contributed by atoms with Gasteiger partial charge in [-0.15, -0.1) is 0 Å². The minimum atomic E-state index is 0.264. The van der Waals surface area contributed by atoms with E-state index >= 15 is 0 Å². The molecule has 0 saturated heterocycles. The van der Waals surface area contributed by atoms with Crippen LogP contribution in [0.4, 0.5) is 0 Å². The van der Waals surface area contributed by atoms with E-state index in [0.29, 0.717) is 6.61 Å². The zero-order chi connectivity index (χ0) is 15.4. The normalized spacial score (nSPS) is 12.4. The zero-order valence-electron chi connectivity index (χ0n) is 13.0. The quantitative estimate of drug-likeness (QED) is 0.869. The molecule has 2 aromatic rings. The first-order chi connectivity index (χ1) is 10.0. The van der Waals surface area contributed by atoms with Gasteiger partial charge in [0.1, 0.15) is 5.75 Å². The number of ether oxygens (including phenoxy) is 1. The fraction of sp³-hybridized carbons (Fsp3) is 0.500. The Kier molecular flexibility index (Phi) is 5.23. The number of hydrogen-bond acceptors (Lipinski definition) is 3. The van der Waals surface area contributed by atoms with Gasteiger partial charge in [-0.05, 0) is 49.8 Å². The van der Waals surface area contributed by atoms with Gasteiger partial charge in [-0.1, -0.05) is 25.4 Å². The highest BCUT2D eigenvalue weighted by molar-refractivity contribution is 6.32. The molecule has 21 heavy (non-hydrogen) atoms. The topological polar surface area (TPSA) is 50.8 Å². The summed E-state index contributed by atoms with van der Waals surface area (Å²) in [7, 11) is 0. The summed E-state index contributed by atoms with van der Waals surface area (Å²) in [6.07, 6.45) is 3.55. The molecule has 0 amide bonds. The molecule has 1 atom stereocenters. The molecule has 1 heterocycles. The summed E-state index contributed by atoms with van der Waals surface area (Å²) in [5.74, 6) is 1.20. The molecule has 1 aromatic heterocycles. The van der Waals surface area contributed by atoms with Gasteiger partial charge in [-0.3, -0.25) is 0 Å². The van der Waals surface area contributed by atoms with Crippen LogP contribution in [0.2, 0.25) is 5.02 Å². The first-order valence-electron chi connectivity index (χ1n) is 7.31. The number of aromatic nitrogens is 3. The lowest BCUT2D eigenvalue weighted by molar-refractivity contribution is 0.312. The van der Waals surface area contributed by atoms with Crippen molar-refractivity contribution in [2.24, 2.45) is 0 Å². The third kappa shape index (κ3) is 3.56. The van der Waals surface area contributed by atoms with Gasteiger partial charge in [0, 0.05) is 10.6 Å². The van der Waals surface area contributed by atoms with Gasteiger partial charge >= 0.3 is 0 Å². The molecule has 1 unspecified atom stereocenters. The first-order valence-corrected chi connectivity index (χ1v) is 7.69. The summed E-state index contributed by atoms with van der Waals surface area (Å²) in [6.45, 7) is 9.06. The second-order valence-corrected chi connectivity index (χ2v) is 5.84. The van der Waals surface area contributed by atoms with Gasteiger partial charge in [-0.25, -0.2) is 0 Å². The van der Waals surface area contributed by atoms with Crippen LogP contribution < -0.4 is 4.74 Å². The van der Waals surface area contributed by atoms with Crippen LogP contribution in [0.1, 0.15) is 48.6 Å². The molecular weight excluding hydrogens is 286 g/mol. The van der Waals surface area contributed by atoms with Gasteiger partial charge in [0.05, 0.1) is 18.5 Å². The molecule has 0 aliphatic carbocycles. The third-order valence-electron chi connectivity index (χ3n) is 3.63. The van der Waals surface area contributed by atoms with Gasteiger partial charge < -0.3 is 4.74 Å². The van der Waals surface area contributed by atoms with Crippen molar-refractivity contribution in [3.05, 3.63) is 39.7 Å². The number of halogens is 1. The molecule has 5 heteroatoms. The van der Waals surface area contributed by atoms with E-state index in [2.05, 4.69) is 36.2 Å². The number of rotatable bonds is 6. The van der Waals surface area contributed by atoms with E-state index in [1.807, 2.05) is 13.0 Å². The second-order valence-electron chi connectivity index (χ2n) is 5.46. The molecule has 0 bridgehead atoms. The number of nitrogens with one attached hydrogen (secondary N) is 1. The Morgan fingerprint density at radius 2 is 2.14 bits per heavy atom. The fourth-order valence-corrected chi connectivity index (χ4v) is 2.78. The van der Waals surface area contributed by atoms with Crippen molar-refractivity contribution >= 4 is 11.6 Å². The summed E-state index contributed by atoms with van der Waals surface area (Å²) in [6, 6.07) is 2.04. The number of benzene rings is 1. The highest BCUT2D eigenvalue weighted by Gasteiger charge is 2.19. The Morgan fingerprint density at radius 1 is 1.38 bits per heavy atom. The summed E-state index contributed by atoms with van der Waals surface area (Å²) in [4.78, 5) is 0. The van der Waals surface area contributed by atoms with Gasteiger partial charge in [0.15, 0.2) is 0 Å². The average molecular weight is 308 g/mol. The SMILES string of the molecule is CCCOc1cc(C)c(Cl)c(C)c1C(C)Cc1cn[nH]n1. The lowest BCUT2D eigenvalue weighted by Gasteiger charge is -2.21. The van der Waals surface area contributed by atoms with E-state index in [1.165, 1.54) is 5.56 Å². The largest absolute Gasteiger partial charge is 0.493 e. The van der Waals surface area contributed by atoms with Gasteiger partial charge in [0.2, 0.25) is 0 Å². The molecule has 0 radical (unpaired) electrons. The van der Waals surface area contributed by atoms with Crippen molar-refractivity contribution < 1.29 is 4.74 Å². The minimum absolute atomic E-state index is 0.264. The molecule has 0 aliphatic rings. The van der Waals surface area contributed by atoms with E-state index in [-0.39, 0.29) is 5.92 Å². The molecule has 1 N–H and O–H groups in total. The average Bonchev–Trinajstić information content (AvgIpc) is 2.95. The van der Waals surface area contributed by atoms with Crippen LogP contribution >= 0.6 is 11.6 Å². The fourth-order valence-electron chi connectivity index (χ4n) is 2.62. The molecule has 4 nitrogen and oxygen atoms in total. The standard InChI is InChI=1S/C16H22ClN3O/c1-5-6-21-14-8-11(3)16(17)12(4)15(14)10(2)7-13-9-18-20-19-13/h8-10H,5-7H2,1-4H3,(H,18,19,20). The lowest BCUT2D eigenvalue weighted by Crippen LogP contribution is -2.07. The van der Waals surface area contributed by atoms with Crippen LogP contribution in [0.15, 0.2) is 12.3 Å². The Hall–Kier alpha value is -1.55. The molecule has 1 aromatic carbocycles. The lowest BCUT2D eigenvalue weighted by atomic mass is 9.90. The number of nitrogens with zero attached hydrogens (tertiary/aromatic N) is 2. The third-order valence-corrected chi connectivity index (χ3v) is 4.21. The van der Waals surface area contributed by atoms with E-state index in [1.54, 1.807) is 6.20 Å². The zero-order valence-corrected chi connectivity index (χ0v) is 13.8. The maximum absolute atomic E-state index is 6.43. The minimum Gasteiger partial charge on any atom is -0.493 e. The molecular formula is C16H22ClN3O. The van der Waals surface area contributed by atoms with Crippen LogP contribution in [-0.4, -0.2) is 22.0 Å². The maximum atomic E-state index is 6.43. The van der Waals surface area contributed by atoms with Crippen molar-refractivity contribution in [1.29, 1.82) is 0 Å². The molecule has 0 aliphatic heterocycles. The van der Waals surface area contributed by atoms with Gasteiger partial charge in [0.25, 0.3) is 0 Å². The summed E-state index contributed by atoms with van der Waals surface area (Å²) in [5, 5.41) is 11.5. The predicted molar refractivity (Wildman–Crippen MR) is 85.2 cm³/mol.